The van der Waals surface area contributed by atoms with Crippen LogP contribution in [0.5, 0.6) is 0 Å². The van der Waals surface area contributed by atoms with Crippen LogP contribution in [0.3, 0.4) is 0 Å². The third-order valence-corrected chi connectivity index (χ3v) is 4.48. The van der Waals surface area contributed by atoms with Crippen molar-refractivity contribution in [1.82, 2.24) is 14.3 Å². The Morgan fingerprint density at radius 2 is 2.35 bits per heavy atom. The highest BCUT2D eigenvalue weighted by Gasteiger charge is 2.20. The largest absolute Gasteiger partial charge is 0.326 e. The van der Waals surface area contributed by atoms with E-state index in [1.165, 1.54) is 37.3 Å². The van der Waals surface area contributed by atoms with E-state index in [-0.39, 0.29) is 0 Å². The van der Waals surface area contributed by atoms with Crippen LogP contribution >= 0.6 is 0 Å². The van der Waals surface area contributed by atoms with E-state index >= 15 is 0 Å². The molecule has 108 valence electrons. The Balaban J connectivity index is 1.81. The predicted octanol–water partition coefficient (Wildman–Crippen LogP) is 2.07. The molecule has 1 aliphatic heterocycles. The average Bonchev–Trinajstić information content (AvgIpc) is 2.90. The summed E-state index contributed by atoms with van der Waals surface area (Å²) in [4.78, 5) is 7.19. The first kappa shape index (κ1) is 13.6. The van der Waals surface area contributed by atoms with Gasteiger partial charge in [0.1, 0.15) is 5.82 Å². The maximum atomic E-state index is 5.80. The number of rotatable bonds is 4. The Bertz CT molecular complexity index is 575. The summed E-state index contributed by atoms with van der Waals surface area (Å²) in [5, 5.41) is 0. The highest BCUT2D eigenvalue weighted by molar-refractivity contribution is 5.54. The molecule has 0 bridgehead atoms. The molecule has 0 radical (unpaired) electrons. The van der Waals surface area contributed by atoms with Crippen LogP contribution in [0.25, 0.3) is 5.52 Å². The lowest BCUT2D eigenvalue weighted by Gasteiger charge is -2.31. The molecule has 1 unspecified atom stereocenters. The minimum absolute atomic E-state index is 0.572. The summed E-state index contributed by atoms with van der Waals surface area (Å²) in [5.74, 6) is 1.91. The summed E-state index contributed by atoms with van der Waals surface area (Å²) < 4.78 is 2.22. The number of hydrogen-bond acceptors (Lipinski definition) is 3. The summed E-state index contributed by atoms with van der Waals surface area (Å²) in [6, 6.07) is 4.15. The van der Waals surface area contributed by atoms with Gasteiger partial charge in [0.2, 0.25) is 0 Å². The normalized spacial score (nSPS) is 20.6. The SMILES string of the molecule is CCN1CCCC(Cc2ncc3c(CN)cccn23)C1. The Morgan fingerprint density at radius 1 is 1.45 bits per heavy atom. The van der Waals surface area contributed by atoms with E-state index < -0.39 is 0 Å². The van der Waals surface area contributed by atoms with Crippen molar-refractivity contribution in [2.45, 2.75) is 32.7 Å². The molecule has 3 rings (SSSR count). The van der Waals surface area contributed by atoms with E-state index in [9.17, 15) is 0 Å². The fourth-order valence-corrected chi connectivity index (χ4v) is 3.32. The lowest BCUT2D eigenvalue weighted by atomic mass is 9.94. The quantitative estimate of drug-likeness (QED) is 0.927. The van der Waals surface area contributed by atoms with Gasteiger partial charge in [-0.15, -0.1) is 0 Å². The standard InChI is InChI=1S/C16H24N4/c1-2-19-7-3-5-13(12-19)9-16-18-11-15-14(10-17)6-4-8-20(15)16/h4,6,8,11,13H,2-3,5,7,9-10,12,17H2,1H3. The van der Waals surface area contributed by atoms with Crippen molar-refractivity contribution in [1.29, 1.82) is 0 Å². The van der Waals surface area contributed by atoms with E-state index in [4.69, 9.17) is 5.73 Å². The predicted molar refractivity (Wildman–Crippen MR) is 81.6 cm³/mol. The van der Waals surface area contributed by atoms with Gasteiger partial charge < -0.3 is 15.0 Å². The Kier molecular flexibility index (Phi) is 4.03. The number of imidazole rings is 1. The summed E-state index contributed by atoms with van der Waals surface area (Å²) in [6.07, 6.45) is 7.78. The fourth-order valence-electron chi connectivity index (χ4n) is 3.32. The molecule has 0 spiro atoms. The summed E-state index contributed by atoms with van der Waals surface area (Å²) in [6.45, 7) is 6.45. The topological polar surface area (TPSA) is 46.6 Å². The van der Waals surface area contributed by atoms with Crippen molar-refractivity contribution < 1.29 is 0 Å². The number of likely N-dealkylation sites (tertiary alicyclic amines) is 1. The van der Waals surface area contributed by atoms with E-state index in [1.807, 2.05) is 6.20 Å². The van der Waals surface area contributed by atoms with Crippen LogP contribution in [0.1, 0.15) is 31.2 Å². The van der Waals surface area contributed by atoms with Gasteiger partial charge >= 0.3 is 0 Å². The van der Waals surface area contributed by atoms with Crippen molar-refractivity contribution >= 4 is 5.52 Å². The summed E-state index contributed by atoms with van der Waals surface area (Å²) in [7, 11) is 0. The molecule has 0 aromatic carbocycles. The minimum Gasteiger partial charge on any atom is -0.326 e. The molecule has 0 aliphatic carbocycles. The summed E-state index contributed by atoms with van der Waals surface area (Å²) in [5.41, 5.74) is 8.13. The van der Waals surface area contributed by atoms with Gasteiger partial charge in [-0.05, 0) is 43.5 Å². The lowest BCUT2D eigenvalue weighted by molar-refractivity contribution is 0.180. The van der Waals surface area contributed by atoms with Gasteiger partial charge in [-0.2, -0.15) is 0 Å². The molecule has 20 heavy (non-hydrogen) atoms. The lowest BCUT2D eigenvalue weighted by Crippen LogP contribution is -2.36. The van der Waals surface area contributed by atoms with Crippen LogP contribution in [-0.2, 0) is 13.0 Å². The minimum atomic E-state index is 0.572. The second-order valence-corrected chi connectivity index (χ2v) is 5.77. The van der Waals surface area contributed by atoms with Gasteiger partial charge in [-0.3, -0.25) is 0 Å². The van der Waals surface area contributed by atoms with Gasteiger partial charge in [-0.1, -0.05) is 13.0 Å². The molecular weight excluding hydrogens is 248 g/mol. The number of nitrogens with zero attached hydrogens (tertiary/aromatic N) is 3. The number of fused-ring (bicyclic) bond motifs is 1. The van der Waals surface area contributed by atoms with E-state index in [0.717, 1.165) is 24.4 Å². The van der Waals surface area contributed by atoms with Crippen LogP contribution in [0.15, 0.2) is 24.5 Å². The Hall–Kier alpha value is -1.39. The van der Waals surface area contributed by atoms with Crippen molar-refractivity contribution in [2.24, 2.45) is 11.7 Å². The molecule has 4 nitrogen and oxygen atoms in total. The first-order valence-corrected chi connectivity index (χ1v) is 7.68. The van der Waals surface area contributed by atoms with Crippen molar-refractivity contribution in [2.75, 3.05) is 19.6 Å². The maximum absolute atomic E-state index is 5.80. The van der Waals surface area contributed by atoms with Gasteiger partial charge in [0.25, 0.3) is 0 Å². The third kappa shape index (κ3) is 2.58. The summed E-state index contributed by atoms with van der Waals surface area (Å²) >= 11 is 0. The molecule has 1 aliphatic rings. The van der Waals surface area contributed by atoms with Crippen LogP contribution in [0, 0.1) is 5.92 Å². The molecule has 1 fully saturated rings. The monoisotopic (exact) mass is 272 g/mol. The molecule has 2 N–H and O–H groups in total. The van der Waals surface area contributed by atoms with Gasteiger partial charge in [0, 0.05) is 25.7 Å². The Morgan fingerprint density at radius 3 is 3.15 bits per heavy atom. The highest BCUT2D eigenvalue weighted by atomic mass is 15.1. The third-order valence-electron chi connectivity index (χ3n) is 4.48. The first-order chi connectivity index (χ1) is 9.81. The molecule has 3 heterocycles. The maximum Gasteiger partial charge on any atom is 0.113 e. The molecule has 1 atom stereocenters. The van der Waals surface area contributed by atoms with E-state index in [1.54, 1.807) is 0 Å². The number of hydrogen-bond donors (Lipinski definition) is 1. The fraction of sp³-hybridized carbons (Fsp3) is 0.562. The average molecular weight is 272 g/mol. The van der Waals surface area contributed by atoms with Gasteiger partial charge in [-0.25, -0.2) is 4.98 Å². The van der Waals surface area contributed by atoms with Crippen molar-refractivity contribution in [3.63, 3.8) is 0 Å². The molecule has 1 saturated heterocycles. The number of pyridine rings is 1. The zero-order chi connectivity index (χ0) is 13.9. The van der Waals surface area contributed by atoms with Crippen LogP contribution < -0.4 is 5.73 Å². The number of nitrogens with two attached hydrogens (primary N) is 1. The highest BCUT2D eigenvalue weighted by Crippen LogP contribution is 2.21. The van der Waals surface area contributed by atoms with Crippen molar-refractivity contribution in [3.05, 3.63) is 35.9 Å². The zero-order valence-electron chi connectivity index (χ0n) is 12.3. The Labute approximate surface area is 120 Å². The van der Waals surface area contributed by atoms with Crippen molar-refractivity contribution in [3.8, 4) is 0 Å². The van der Waals surface area contributed by atoms with Gasteiger partial charge in [0.05, 0.1) is 11.7 Å². The molecule has 2 aromatic rings. The molecule has 4 heteroatoms. The first-order valence-electron chi connectivity index (χ1n) is 7.68. The molecule has 0 amide bonds. The molecular formula is C16H24N4. The molecule has 0 saturated carbocycles. The number of piperidine rings is 1. The van der Waals surface area contributed by atoms with Crippen LogP contribution in [-0.4, -0.2) is 33.9 Å². The van der Waals surface area contributed by atoms with Crippen LogP contribution in [0.2, 0.25) is 0 Å². The van der Waals surface area contributed by atoms with Crippen LogP contribution in [0.4, 0.5) is 0 Å². The second kappa shape index (κ2) is 5.94. The second-order valence-electron chi connectivity index (χ2n) is 5.77. The molecule has 2 aromatic heterocycles. The van der Waals surface area contributed by atoms with E-state index in [2.05, 4.69) is 39.5 Å². The smallest absolute Gasteiger partial charge is 0.113 e. The number of aromatic nitrogens is 2. The van der Waals surface area contributed by atoms with Gasteiger partial charge in [0.15, 0.2) is 0 Å². The van der Waals surface area contributed by atoms with E-state index in [0.29, 0.717) is 6.54 Å². The zero-order valence-corrected chi connectivity index (χ0v) is 12.3.